The van der Waals surface area contributed by atoms with Crippen molar-refractivity contribution in [2.45, 2.75) is 32.0 Å². The Balaban J connectivity index is 1.28. The Hall–Kier alpha value is -3.54. The minimum atomic E-state index is -4.37. The number of alkyl halides is 3. The summed E-state index contributed by atoms with van der Waals surface area (Å²) in [5, 5.41) is 0.939. The van der Waals surface area contributed by atoms with Gasteiger partial charge in [-0.2, -0.15) is 13.2 Å². The van der Waals surface area contributed by atoms with Crippen molar-refractivity contribution >= 4 is 16.7 Å². The van der Waals surface area contributed by atoms with Crippen molar-refractivity contribution in [2.24, 2.45) is 5.92 Å². The van der Waals surface area contributed by atoms with Crippen LogP contribution in [0.3, 0.4) is 0 Å². The van der Waals surface area contributed by atoms with Crippen LogP contribution in [0.15, 0.2) is 84.9 Å². The molecule has 0 bridgehead atoms. The van der Waals surface area contributed by atoms with E-state index in [1.807, 2.05) is 30.3 Å². The maximum Gasteiger partial charge on any atom is 0.416 e. The number of rotatable bonds is 6. The molecule has 0 aliphatic carbocycles. The molecule has 1 saturated heterocycles. The van der Waals surface area contributed by atoms with Gasteiger partial charge in [0.05, 0.1) is 5.56 Å². The van der Waals surface area contributed by atoms with Gasteiger partial charge >= 0.3 is 6.18 Å². The molecule has 0 N–H and O–H groups in total. The van der Waals surface area contributed by atoms with Crippen LogP contribution in [-0.4, -0.2) is 18.1 Å². The fraction of sp³-hybridized carbons (Fsp3) is 0.276. The van der Waals surface area contributed by atoms with Gasteiger partial charge in [0, 0.05) is 18.5 Å². The summed E-state index contributed by atoms with van der Waals surface area (Å²) < 4.78 is 45.1. The topological polar surface area (TPSA) is 25.4 Å². The third-order valence-electron chi connectivity index (χ3n) is 6.62. The first-order chi connectivity index (χ1) is 17.0. The summed E-state index contributed by atoms with van der Waals surface area (Å²) in [5.74, 6) is 2.15. The zero-order valence-corrected chi connectivity index (χ0v) is 19.3. The van der Waals surface area contributed by atoms with E-state index in [1.165, 1.54) is 11.6 Å². The second-order valence-electron chi connectivity index (χ2n) is 9.10. The lowest BCUT2D eigenvalue weighted by Crippen LogP contribution is -2.34. The Labute approximate surface area is 203 Å². The molecule has 0 atom stereocenters. The van der Waals surface area contributed by atoms with Gasteiger partial charge in [-0.25, -0.2) is 4.98 Å². The largest absolute Gasteiger partial charge is 0.487 e. The molecule has 35 heavy (non-hydrogen) atoms. The highest BCUT2D eigenvalue weighted by Crippen LogP contribution is 2.32. The number of ether oxygens (including phenoxy) is 1. The molecule has 1 aliphatic heterocycles. The van der Waals surface area contributed by atoms with Gasteiger partial charge in [0.1, 0.15) is 23.7 Å². The van der Waals surface area contributed by atoms with Crippen LogP contribution in [0.25, 0.3) is 10.9 Å². The number of anilines is 1. The second kappa shape index (κ2) is 9.98. The Kier molecular flexibility index (Phi) is 6.62. The molecule has 1 aliphatic rings. The number of piperidine rings is 1. The molecule has 2 heterocycles. The Morgan fingerprint density at radius 3 is 2.34 bits per heavy atom. The summed E-state index contributed by atoms with van der Waals surface area (Å²) in [6.45, 7) is 1.94. The summed E-state index contributed by atoms with van der Waals surface area (Å²) in [7, 11) is 0. The van der Waals surface area contributed by atoms with E-state index in [0.29, 0.717) is 17.2 Å². The molecule has 0 spiro atoms. The van der Waals surface area contributed by atoms with Crippen LogP contribution in [-0.2, 0) is 19.2 Å². The second-order valence-corrected chi connectivity index (χ2v) is 9.10. The molecule has 5 rings (SSSR count). The number of halogens is 3. The summed E-state index contributed by atoms with van der Waals surface area (Å²) in [6, 6.07) is 25.6. The molecule has 180 valence electrons. The predicted molar refractivity (Wildman–Crippen MR) is 133 cm³/mol. The van der Waals surface area contributed by atoms with E-state index in [4.69, 9.17) is 9.72 Å². The number of para-hydroxylation sites is 1. The van der Waals surface area contributed by atoms with Crippen LogP contribution in [0.4, 0.5) is 19.0 Å². The normalized spacial score (nSPS) is 14.9. The molecule has 0 saturated carbocycles. The van der Waals surface area contributed by atoms with Crippen LogP contribution in [0.1, 0.15) is 29.5 Å². The molecule has 3 nitrogen and oxygen atoms in total. The molecule has 0 radical (unpaired) electrons. The van der Waals surface area contributed by atoms with E-state index in [-0.39, 0.29) is 6.61 Å². The molecule has 6 heteroatoms. The van der Waals surface area contributed by atoms with Crippen LogP contribution < -0.4 is 9.64 Å². The first kappa shape index (κ1) is 23.2. The van der Waals surface area contributed by atoms with E-state index < -0.39 is 11.7 Å². The molecular weight excluding hydrogens is 449 g/mol. The maximum atomic E-state index is 13.0. The Morgan fingerprint density at radius 1 is 0.829 bits per heavy atom. The van der Waals surface area contributed by atoms with E-state index in [2.05, 4.69) is 35.2 Å². The molecule has 1 aromatic heterocycles. The first-order valence-corrected chi connectivity index (χ1v) is 11.9. The minimum Gasteiger partial charge on any atom is -0.487 e. The van der Waals surface area contributed by atoms with Crippen molar-refractivity contribution in [1.29, 1.82) is 0 Å². The number of aromatic nitrogens is 1. The van der Waals surface area contributed by atoms with Crippen molar-refractivity contribution in [3.8, 4) is 5.75 Å². The summed E-state index contributed by atoms with van der Waals surface area (Å²) in [4.78, 5) is 7.21. The molecular formula is C29H27F3N2O. The molecule has 3 aromatic carbocycles. The first-order valence-electron chi connectivity index (χ1n) is 11.9. The smallest absolute Gasteiger partial charge is 0.416 e. The van der Waals surface area contributed by atoms with Crippen LogP contribution in [0.5, 0.6) is 5.75 Å². The molecule has 4 aromatic rings. The zero-order chi connectivity index (χ0) is 24.3. The molecule has 0 unspecified atom stereocenters. The number of fused-ring (bicyclic) bond motifs is 1. The van der Waals surface area contributed by atoms with Crippen molar-refractivity contribution in [3.05, 3.63) is 102 Å². The van der Waals surface area contributed by atoms with E-state index in [9.17, 15) is 13.2 Å². The van der Waals surface area contributed by atoms with Gasteiger partial charge in [-0.15, -0.1) is 0 Å². The van der Waals surface area contributed by atoms with Gasteiger partial charge < -0.3 is 9.64 Å². The highest BCUT2D eigenvalue weighted by atomic mass is 19.4. The third kappa shape index (κ3) is 5.59. The van der Waals surface area contributed by atoms with Gasteiger partial charge in [-0.3, -0.25) is 0 Å². The zero-order valence-electron chi connectivity index (χ0n) is 19.3. The number of hydrogen-bond acceptors (Lipinski definition) is 3. The standard InChI is InChI=1S/C29H27F3N2O/c30-29(31,32)25-10-4-8-23(19-25)20-35-26-11-5-9-24-12-13-27(33-28(24)26)34-16-14-22(15-17-34)18-21-6-2-1-3-7-21/h1-13,19,22H,14-18,20H2. The molecule has 0 amide bonds. The average Bonchev–Trinajstić information content (AvgIpc) is 2.88. The number of pyridine rings is 1. The maximum absolute atomic E-state index is 13.0. The van der Waals surface area contributed by atoms with Gasteiger partial charge in [0.15, 0.2) is 0 Å². The fourth-order valence-electron chi connectivity index (χ4n) is 4.71. The Morgan fingerprint density at radius 2 is 1.57 bits per heavy atom. The van der Waals surface area contributed by atoms with Gasteiger partial charge in [0.25, 0.3) is 0 Å². The van der Waals surface area contributed by atoms with E-state index >= 15 is 0 Å². The van der Waals surface area contributed by atoms with Gasteiger partial charge in [-0.05, 0) is 66.6 Å². The summed E-state index contributed by atoms with van der Waals surface area (Å²) in [6.07, 6.45) is -1.04. The van der Waals surface area contributed by atoms with Crippen molar-refractivity contribution < 1.29 is 17.9 Å². The Bertz CT molecular complexity index is 1280. The van der Waals surface area contributed by atoms with Crippen molar-refractivity contribution in [1.82, 2.24) is 4.98 Å². The van der Waals surface area contributed by atoms with Gasteiger partial charge in [0.2, 0.25) is 0 Å². The lowest BCUT2D eigenvalue weighted by Gasteiger charge is -2.33. The predicted octanol–water partition coefficient (Wildman–Crippen LogP) is 7.29. The summed E-state index contributed by atoms with van der Waals surface area (Å²) in [5.41, 5.74) is 1.90. The van der Waals surface area contributed by atoms with Crippen LogP contribution in [0.2, 0.25) is 0 Å². The van der Waals surface area contributed by atoms with E-state index in [1.54, 1.807) is 6.07 Å². The highest BCUT2D eigenvalue weighted by Gasteiger charge is 2.30. The highest BCUT2D eigenvalue weighted by molar-refractivity contribution is 5.86. The number of benzene rings is 3. The van der Waals surface area contributed by atoms with Crippen LogP contribution in [0, 0.1) is 5.92 Å². The van der Waals surface area contributed by atoms with Crippen molar-refractivity contribution in [2.75, 3.05) is 18.0 Å². The number of hydrogen-bond donors (Lipinski definition) is 0. The summed E-state index contributed by atoms with van der Waals surface area (Å²) >= 11 is 0. The monoisotopic (exact) mass is 476 g/mol. The SMILES string of the molecule is FC(F)(F)c1cccc(COc2cccc3ccc(N4CCC(Cc5ccccc5)CC4)nc23)c1. The van der Waals surface area contributed by atoms with Crippen molar-refractivity contribution in [3.63, 3.8) is 0 Å². The molecule has 1 fully saturated rings. The fourth-order valence-corrected chi connectivity index (χ4v) is 4.71. The van der Waals surface area contributed by atoms with Crippen LogP contribution >= 0.6 is 0 Å². The lowest BCUT2D eigenvalue weighted by atomic mass is 9.90. The van der Waals surface area contributed by atoms with E-state index in [0.717, 1.165) is 61.2 Å². The van der Waals surface area contributed by atoms with Gasteiger partial charge in [-0.1, -0.05) is 54.6 Å². The number of nitrogens with zero attached hydrogens (tertiary/aromatic N) is 2. The average molecular weight is 477 g/mol. The lowest BCUT2D eigenvalue weighted by molar-refractivity contribution is -0.137. The third-order valence-corrected chi connectivity index (χ3v) is 6.62. The quantitative estimate of drug-likeness (QED) is 0.292. The minimum absolute atomic E-state index is 0.0415.